The van der Waals surface area contributed by atoms with E-state index < -0.39 is 0 Å². The van der Waals surface area contributed by atoms with Crippen molar-refractivity contribution in [3.63, 3.8) is 0 Å². The van der Waals surface area contributed by atoms with E-state index in [1.165, 1.54) is 0 Å². The third-order valence-corrected chi connectivity index (χ3v) is 4.87. The van der Waals surface area contributed by atoms with Crippen LogP contribution >= 0.6 is 11.6 Å². The third kappa shape index (κ3) is 4.22. The highest BCUT2D eigenvalue weighted by Crippen LogP contribution is 2.28. The van der Waals surface area contributed by atoms with Crippen molar-refractivity contribution >= 4 is 23.2 Å². The highest BCUT2D eigenvalue weighted by Gasteiger charge is 2.22. The first-order valence-corrected chi connectivity index (χ1v) is 9.01. The van der Waals surface area contributed by atoms with Crippen LogP contribution in [0.1, 0.15) is 5.56 Å². The summed E-state index contributed by atoms with van der Waals surface area (Å²) in [6.07, 6.45) is 0. The number of halogens is 1. The molecule has 0 aromatic heterocycles. The molecule has 1 amide bonds. The minimum absolute atomic E-state index is 0.00705. The van der Waals surface area contributed by atoms with Gasteiger partial charge in [0.15, 0.2) is 6.61 Å². The van der Waals surface area contributed by atoms with E-state index in [4.69, 9.17) is 21.1 Å². The molecule has 1 aliphatic rings. The Morgan fingerprint density at radius 3 is 2.38 bits per heavy atom. The molecule has 0 spiro atoms. The van der Waals surface area contributed by atoms with E-state index >= 15 is 0 Å². The van der Waals surface area contributed by atoms with Gasteiger partial charge in [-0.15, -0.1) is 0 Å². The van der Waals surface area contributed by atoms with Crippen molar-refractivity contribution in [2.75, 3.05) is 44.8 Å². The lowest BCUT2D eigenvalue weighted by molar-refractivity contribution is -0.133. The fourth-order valence-electron chi connectivity index (χ4n) is 3.03. The molecule has 1 saturated heterocycles. The zero-order valence-corrected chi connectivity index (χ0v) is 15.8. The van der Waals surface area contributed by atoms with E-state index in [2.05, 4.69) is 4.90 Å². The quantitative estimate of drug-likeness (QED) is 0.804. The molecule has 2 aromatic carbocycles. The van der Waals surface area contributed by atoms with Crippen LogP contribution in [0.2, 0.25) is 5.02 Å². The number of rotatable bonds is 5. The lowest BCUT2D eigenvalue weighted by Crippen LogP contribution is -2.50. The summed E-state index contributed by atoms with van der Waals surface area (Å²) < 4.78 is 10.9. The molecule has 0 N–H and O–H groups in total. The first-order chi connectivity index (χ1) is 12.6. The van der Waals surface area contributed by atoms with Gasteiger partial charge in [0.25, 0.3) is 5.91 Å². The second kappa shape index (κ2) is 8.32. The third-order valence-electron chi connectivity index (χ3n) is 4.57. The highest BCUT2D eigenvalue weighted by atomic mass is 35.5. The number of hydrogen-bond donors (Lipinski definition) is 0. The van der Waals surface area contributed by atoms with Crippen molar-refractivity contribution < 1.29 is 14.3 Å². The van der Waals surface area contributed by atoms with Crippen molar-refractivity contribution in [1.29, 1.82) is 0 Å². The number of anilines is 1. The lowest BCUT2D eigenvalue weighted by atomic mass is 10.2. The lowest BCUT2D eigenvalue weighted by Gasteiger charge is -2.36. The van der Waals surface area contributed by atoms with Crippen molar-refractivity contribution in [3.05, 3.63) is 53.1 Å². The average Bonchev–Trinajstić information content (AvgIpc) is 2.67. The Balaban J connectivity index is 1.51. The number of aryl methyl sites for hydroxylation is 1. The first kappa shape index (κ1) is 18.4. The van der Waals surface area contributed by atoms with Crippen LogP contribution in [0, 0.1) is 6.92 Å². The molecule has 3 rings (SSSR count). The molecule has 0 radical (unpaired) electrons. The van der Waals surface area contributed by atoms with Gasteiger partial charge in [-0.2, -0.15) is 0 Å². The highest BCUT2D eigenvalue weighted by molar-refractivity contribution is 6.32. The van der Waals surface area contributed by atoms with Crippen molar-refractivity contribution in [3.8, 4) is 11.5 Å². The smallest absolute Gasteiger partial charge is 0.260 e. The van der Waals surface area contributed by atoms with Gasteiger partial charge in [0.1, 0.15) is 11.5 Å². The molecule has 6 heteroatoms. The Morgan fingerprint density at radius 1 is 1.08 bits per heavy atom. The number of carbonyl (C=O) groups is 1. The van der Waals surface area contributed by atoms with Crippen molar-refractivity contribution in [2.24, 2.45) is 0 Å². The molecule has 0 bridgehead atoms. The summed E-state index contributed by atoms with van der Waals surface area (Å²) in [6.45, 7) is 4.87. The predicted octanol–water partition coefficient (Wildman–Crippen LogP) is 3.38. The number of carbonyl (C=O) groups excluding carboxylic acids is 1. The fourth-order valence-corrected chi connectivity index (χ4v) is 3.31. The SMILES string of the molecule is COc1ccc(N2CCN(C(=O)COc3c(C)cccc3Cl)CC2)cc1. The van der Waals surface area contributed by atoms with Crippen LogP contribution in [0.5, 0.6) is 11.5 Å². The Bertz CT molecular complexity index is 736. The monoisotopic (exact) mass is 374 g/mol. The van der Waals surface area contributed by atoms with Crippen LogP contribution in [-0.4, -0.2) is 50.7 Å². The summed E-state index contributed by atoms with van der Waals surface area (Å²) in [6, 6.07) is 13.5. The van der Waals surface area contributed by atoms with Gasteiger partial charge in [-0.25, -0.2) is 0 Å². The maximum absolute atomic E-state index is 12.4. The molecule has 0 aliphatic carbocycles. The Morgan fingerprint density at radius 2 is 1.77 bits per heavy atom. The van der Waals surface area contributed by atoms with Crippen molar-refractivity contribution in [2.45, 2.75) is 6.92 Å². The van der Waals surface area contributed by atoms with Gasteiger partial charge in [-0.1, -0.05) is 23.7 Å². The number of hydrogen-bond acceptors (Lipinski definition) is 4. The topological polar surface area (TPSA) is 42.0 Å². The molecule has 26 heavy (non-hydrogen) atoms. The van der Waals surface area contributed by atoms with Gasteiger partial charge in [0.2, 0.25) is 0 Å². The molecule has 138 valence electrons. The van der Waals surface area contributed by atoms with Crippen LogP contribution in [0.3, 0.4) is 0 Å². The Labute approximate surface area is 159 Å². The number of para-hydroxylation sites is 1. The number of benzene rings is 2. The molecule has 0 saturated carbocycles. The second-order valence-electron chi connectivity index (χ2n) is 6.24. The number of piperazine rings is 1. The van der Waals surface area contributed by atoms with Gasteiger partial charge in [0.05, 0.1) is 12.1 Å². The molecular weight excluding hydrogens is 352 g/mol. The predicted molar refractivity (Wildman–Crippen MR) is 103 cm³/mol. The van der Waals surface area contributed by atoms with Crippen LogP contribution in [0.15, 0.2) is 42.5 Å². The van der Waals surface area contributed by atoms with Gasteiger partial charge >= 0.3 is 0 Å². The van der Waals surface area contributed by atoms with Gasteiger partial charge < -0.3 is 19.3 Å². The molecule has 5 nitrogen and oxygen atoms in total. The number of ether oxygens (including phenoxy) is 2. The summed E-state index contributed by atoms with van der Waals surface area (Å²) >= 11 is 6.14. The minimum atomic E-state index is -0.0151. The molecule has 1 heterocycles. The van der Waals surface area contributed by atoms with E-state index in [1.807, 2.05) is 48.2 Å². The van der Waals surface area contributed by atoms with Gasteiger partial charge in [-0.05, 0) is 42.8 Å². The Kier molecular flexibility index (Phi) is 5.89. The zero-order valence-electron chi connectivity index (χ0n) is 15.1. The zero-order chi connectivity index (χ0) is 18.5. The van der Waals surface area contributed by atoms with Gasteiger partial charge in [-0.3, -0.25) is 4.79 Å². The summed E-state index contributed by atoms with van der Waals surface area (Å²) in [4.78, 5) is 16.5. The first-order valence-electron chi connectivity index (χ1n) is 8.63. The minimum Gasteiger partial charge on any atom is -0.497 e. The van der Waals surface area contributed by atoms with Crippen LogP contribution in [0.4, 0.5) is 5.69 Å². The van der Waals surface area contributed by atoms with E-state index in [1.54, 1.807) is 13.2 Å². The fraction of sp³-hybridized carbons (Fsp3) is 0.350. The molecule has 0 atom stereocenters. The van der Waals surface area contributed by atoms with E-state index in [-0.39, 0.29) is 12.5 Å². The molecular formula is C20H23ClN2O3. The summed E-state index contributed by atoms with van der Waals surface area (Å²) in [5, 5.41) is 0.530. The number of amides is 1. The van der Waals surface area contributed by atoms with E-state index in [9.17, 15) is 4.79 Å². The average molecular weight is 375 g/mol. The van der Waals surface area contributed by atoms with Gasteiger partial charge in [0, 0.05) is 31.9 Å². The van der Waals surface area contributed by atoms with Crippen LogP contribution in [-0.2, 0) is 4.79 Å². The van der Waals surface area contributed by atoms with Crippen LogP contribution < -0.4 is 14.4 Å². The number of nitrogens with zero attached hydrogens (tertiary/aromatic N) is 2. The van der Waals surface area contributed by atoms with Crippen molar-refractivity contribution in [1.82, 2.24) is 4.90 Å². The number of methoxy groups -OCH3 is 1. The summed E-state index contributed by atoms with van der Waals surface area (Å²) in [5.74, 6) is 1.41. The largest absolute Gasteiger partial charge is 0.497 e. The maximum Gasteiger partial charge on any atom is 0.260 e. The molecule has 0 unspecified atom stereocenters. The summed E-state index contributed by atoms with van der Waals surface area (Å²) in [5.41, 5.74) is 2.07. The summed E-state index contributed by atoms with van der Waals surface area (Å²) in [7, 11) is 1.66. The maximum atomic E-state index is 12.4. The standard InChI is InChI=1S/C20H23ClN2O3/c1-15-4-3-5-18(21)20(15)26-14-19(24)23-12-10-22(11-13-23)16-6-8-17(25-2)9-7-16/h3-9H,10-14H2,1-2H3. The molecule has 2 aromatic rings. The molecule has 1 aliphatic heterocycles. The second-order valence-corrected chi connectivity index (χ2v) is 6.65. The normalized spacial score (nSPS) is 14.3. The Hall–Kier alpha value is -2.40. The molecule has 1 fully saturated rings. The van der Waals surface area contributed by atoms with E-state index in [0.717, 1.165) is 30.1 Å². The van der Waals surface area contributed by atoms with Crippen LogP contribution in [0.25, 0.3) is 0 Å². The van der Waals surface area contributed by atoms with E-state index in [0.29, 0.717) is 23.9 Å².